The van der Waals surface area contributed by atoms with Gasteiger partial charge in [0.05, 0.1) is 10.7 Å². The number of hydrogen-bond acceptors (Lipinski definition) is 3. The zero-order valence-electron chi connectivity index (χ0n) is 9.20. The standard InChI is InChI=1S/C11H15BrN2O2/c1-13-7-8-3-2-5-14(8)11(15)10-9(12)4-6-16-10/h4,6,8,13H,2-3,5,7H2,1H3. The third-order valence-electron chi connectivity index (χ3n) is 2.89. The van der Waals surface area contributed by atoms with Crippen molar-refractivity contribution in [3.8, 4) is 0 Å². The molecule has 1 aliphatic rings. The molecule has 1 saturated heterocycles. The van der Waals surface area contributed by atoms with E-state index in [1.807, 2.05) is 11.9 Å². The highest BCUT2D eigenvalue weighted by atomic mass is 79.9. The number of furan rings is 1. The van der Waals surface area contributed by atoms with Crippen molar-refractivity contribution in [2.24, 2.45) is 0 Å². The molecule has 1 amide bonds. The Morgan fingerprint density at radius 3 is 3.19 bits per heavy atom. The summed E-state index contributed by atoms with van der Waals surface area (Å²) in [5, 5.41) is 3.12. The lowest BCUT2D eigenvalue weighted by Crippen LogP contribution is -2.40. The summed E-state index contributed by atoms with van der Waals surface area (Å²) in [7, 11) is 1.91. The number of nitrogens with one attached hydrogen (secondary N) is 1. The molecule has 2 rings (SSSR count). The fourth-order valence-corrected chi connectivity index (χ4v) is 2.50. The van der Waals surface area contributed by atoms with Crippen LogP contribution in [0.4, 0.5) is 0 Å². The van der Waals surface area contributed by atoms with E-state index in [2.05, 4.69) is 21.2 Å². The number of likely N-dealkylation sites (tertiary alicyclic amines) is 1. The van der Waals surface area contributed by atoms with Gasteiger partial charge in [0.15, 0.2) is 0 Å². The van der Waals surface area contributed by atoms with E-state index in [-0.39, 0.29) is 11.9 Å². The first-order valence-corrected chi connectivity index (χ1v) is 6.22. The molecule has 5 heteroatoms. The van der Waals surface area contributed by atoms with Gasteiger partial charge < -0.3 is 14.6 Å². The number of hydrogen-bond donors (Lipinski definition) is 1. The van der Waals surface area contributed by atoms with E-state index in [4.69, 9.17) is 4.42 Å². The summed E-state index contributed by atoms with van der Waals surface area (Å²) in [5.74, 6) is 0.387. The Morgan fingerprint density at radius 2 is 2.56 bits per heavy atom. The maximum Gasteiger partial charge on any atom is 0.291 e. The average Bonchev–Trinajstić information content (AvgIpc) is 2.87. The van der Waals surface area contributed by atoms with Crippen molar-refractivity contribution < 1.29 is 9.21 Å². The second-order valence-corrected chi connectivity index (χ2v) is 4.80. The van der Waals surface area contributed by atoms with Gasteiger partial charge >= 0.3 is 0 Å². The van der Waals surface area contributed by atoms with Crippen LogP contribution >= 0.6 is 15.9 Å². The fraction of sp³-hybridized carbons (Fsp3) is 0.545. The molecule has 1 aliphatic heterocycles. The molecule has 0 bridgehead atoms. The van der Waals surface area contributed by atoms with E-state index in [1.165, 1.54) is 6.26 Å². The molecule has 0 aromatic carbocycles. The van der Waals surface area contributed by atoms with Gasteiger partial charge in [-0.05, 0) is 41.9 Å². The first kappa shape index (κ1) is 11.7. The molecule has 2 heterocycles. The van der Waals surface area contributed by atoms with Crippen LogP contribution in [0.5, 0.6) is 0 Å². The SMILES string of the molecule is CNCC1CCCN1C(=O)c1occc1Br. The highest BCUT2D eigenvalue weighted by molar-refractivity contribution is 9.10. The zero-order valence-corrected chi connectivity index (χ0v) is 10.8. The zero-order chi connectivity index (χ0) is 11.5. The number of amides is 1. The van der Waals surface area contributed by atoms with Gasteiger partial charge in [-0.3, -0.25) is 4.79 Å². The van der Waals surface area contributed by atoms with Crippen molar-refractivity contribution in [2.45, 2.75) is 18.9 Å². The topological polar surface area (TPSA) is 45.5 Å². The van der Waals surface area contributed by atoms with Crippen molar-refractivity contribution in [2.75, 3.05) is 20.1 Å². The first-order chi connectivity index (χ1) is 7.74. The molecular weight excluding hydrogens is 272 g/mol. The summed E-state index contributed by atoms with van der Waals surface area (Å²) in [6.45, 7) is 1.66. The minimum Gasteiger partial charge on any atom is -0.458 e. The van der Waals surface area contributed by atoms with Crippen LogP contribution < -0.4 is 5.32 Å². The van der Waals surface area contributed by atoms with Crippen molar-refractivity contribution in [1.82, 2.24) is 10.2 Å². The van der Waals surface area contributed by atoms with Crippen molar-refractivity contribution in [3.63, 3.8) is 0 Å². The van der Waals surface area contributed by atoms with E-state index in [0.717, 1.165) is 30.4 Å². The monoisotopic (exact) mass is 286 g/mol. The molecule has 1 atom stereocenters. The van der Waals surface area contributed by atoms with Gasteiger partial charge in [0.1, 0.15) is 0 Å². The number of likely N-dealkylation sites (N-methyl/N-ethyl adjacent to an activating group) is 1. The van der Waals surface area contributed by atoms with Crippen LogP contribution in [0.25, 0.3) is 0 Å². The second kappa shape index (κ2) is 5.01. The first-order valence-electron chi connectivity index (χ1n) is 5.42. The molecule has 1 aromatic heterocycles. The molecule has 0 aliphatic carbocycles. The van der Waals surface area contributed by atoms with Crippen LogP contribution in [-0.2, 0) is 0 Å². The largest absolute Gasteiger partial charge is 0.458 e. The molecule has 88 valence electrons. The number of rotatable bonds is 3. The summed E-state index contributed by atoms with van der Waals surface area (Å²) in [6, 6.07) is 2.03. The second-order valence-electron chi connectivity index (χ2n) is 3.95. The molecule has 16 heavy (non-hydrogen) atoms. The Morgan fingerprint density at radius 1 is 1.75 bits per heavy atom. The van der Waals surface area contributed by atoms with Gasteiger partial charge in [0.2, 0.25) is 5.76 Å². The number of nitrogens with zero attached hydrogens (tertiary/aromatic N) is 1. The molecule has 0 spiro atoms. The van der Waals surface area contributed by atoms with Gasteiger partial charge in [0, 0.05) is 19.1 Å². The van der Waals surface area contributed by atoms with E-state index in [1.54, 1.807) is 6.07 Å². The van der Waals surface area contributed by atoms with Crippen LogP contribution in [0.3, 0.4) is 0 Å². The Bertz CT molecular complexity index is 378. The molecule has 0 saturated carbocycles. The maximum atomic E-state index is 12.2. The normalized spacial score (nSPS) is 20.4. The van der Waals surface area contributed by atoms with Crippen molar-refractivity contribution in [3.05, 3.63) is 22.6 Å². The average molecular weight is 287 g/mol. The van der Waals surface area contributed by atoms with Crippen molar-refractivity contribution in [1.29, 1.82) is 0 Å². The number of carbonyl (C=O) groups excluding carboxylic acids is 1. The minimum atomic E-state index is -0.0189. The summed E-state index contributed by atoms with van der Waals surface area (Å²) in [6.07, 6.45) is 3.65. The highest BCUT2D eigenvalue weighted by Crippen LogP contribution is 2.24. The van der Waals surface area contributed by atoms with E-state index >= 15 is 0 Å². The third kappa shape index (κ3) is 2.15. The van der Waals surface area contributed by atoms with E-state index in [9.17, 15) is 4.79 Å². The van der Waals surface area contributed by atoms with E-state index < -0.39 is 0 Å². The summed E-state index contributed by atoms with van der Waals surface area (Å²) < 4.78 is 5.94. The Labute approximate surface area is 103 Å². The molecule has 1 fully saturated rings. The summed E-state index contributed by atoms with van der Waals surface area (Å²) in [4.78, 5) is 14.1. The Hall–Kier alpha value is -0.810. The van der Waals surface area contributed by atoms with E-state index in [0.29, 0.717) is 5.76 Å². The predicted octanol–water partition coefficient (Wildman–Crippen LogP) is 1.87. The molecule has 1 aromatic rings. The van der Waals surface area contributed by atoms with Crippen LogP contribution in [0.15, 0.2) is 21.2 Å². The smallest absolute Gasteiger partial charge is 0.291 e. The van der Waals surface area contributed by atoms with Gasteiger partial charge in [-0.15, -0.1) is 0 Å². The molecule has 1 N–H and O–H groups in total. The highest BCUT2D eigenvalue weighted by Gasteiger charge is 2.31. The molecule has 1 unspecified atom stereocenters. The van der Waals surface area contributed by atoms with Gasteiger partial charge in [-0.25, -0.2) is 0 Å². The molecule has 0 radical (unpaired) electrons. The Balaban J connectivity index is 2.12. The summed E-state index contributed by atoms with van der Waals surface area (Å²) in [5.41, 5.74) is 0. The molecular formula is C11H15BrN2O2. The molecule has 4 nitrogen and oxygen atoms in total. The lowest BCUT2D eigenvalue weighted by Gasteiger charge is -2.23. The van der Waals surface area contributed by atoms with Crippen LogP contribution in [0.2, 0.25) is 0 Å². The lowest BCUT2D eigenvalue weighted by molar-refractivity contribution is 0.0703. The third-order valence-corrected chi connectivity index (χ3v) is 3.51. The number of halogens is 1. The van der Waals surface area contributed by atoms with Crippen LogP contribution in [-0.4, -0.2) is 37.0 Å². The quantitative estimate of drug-likeness (QED) is 0.923. The predicted molar refractivity (Wildman–Crippen MR) is 64.4 cm³/mol. The maximum absolute atomic E-state index is 12.2. The van der Waals surface area contributed by atoms with Gasteiger partial charge in [-0.1, -0.05) is 0 Å². The lowest BCUT2D eigenvalue weighted by atomic mass is 10.2. The minimum absolute atomic E-state index is 0.0189. The van der Waals surface area contributed by atoms with Crippen LogP contribution in [0.1, 0.15) is 23.4 Å². The summed E-state index contributed by atoms with van der Waals surface area (Å²) >= 11 is 3.32. The van der Waals surface area contributed by atoms with Gasteiger partial charge in [-0.2, -0.15) is 0 Å². The Kier molecular flexibility index (Phi) is 3.66. The fourth-order valence-electron chi connectivity index (χ4n) is 2.13. The van der Waals surface area contributed by atoms with Gasteiger partial charge in [0.25, 0.3) is 5.91 Å². The van der Waals surface area contributed by atoms with Crippen molar-refractivity contribution >= 4 is 21.8 Å². The number of carbonyl (C=O) groups is 1. The van der Waals surface area contributed by atoms with Crippen LogP contribution in [0, 0.1) is 0 Å².